The molecule has 0 radical (unpaired) electrons. The highest BCUT2D eigenvalue weighted by molar-refractivity contribution is 5.75. The number of piperazine rings is 1. The minimum Gasteiger partial charge on any atom is -0.368 e. The number of non-ortho nitro benzene ring substituents is 1. The molecule has 1 saturated carbocycles. The largest absolute Gasteiger partial charge is 0.368 e. The van der Waals surface area contributed by atoms with Crippen LogP contribution in [0.3, 0.4) is 0 Å². The average Bonchev–Trinajstić information content (AvgIpc) is 3.48. The van der Waals surface area contributed by atoms with E-state index in [1.807, 2.05) is 29.2 Å². The Morgan fingerprint density at radius 1 is 1.04 bits per heavy atom. The van der Waals surface area contributed by atoms with E-state index in [1.54, 1.807) is 12.1 Å². The number of urea groups is 1. The third-order valence-electron chi connectivity index (χ3n) is 5.30. The van der Waals surface area contributed by atoms with E-state index in [4.69, 9.17) is 0 Å². The zero-order chi connectivity index (χ0) is 18.8. The zero-order valence-corrected chi connectivity index (χ0v) is 15.0. The van der Waals surface area contributed by atoms with Crippen LogP contribution < -0.4 is 10.2 Å². The minimum atomic E-state index is -0.383. The molecule has 0 spiro atoms. The molecule has 1 aliphatic carbocycles. The lowest BCUT2D eigenvalue weighted by Crippen LogP contribution is -2.52. The van der Waals surface area contributed by atoms with Gasteiger partial charge in [0.25, 0.3) is 5.69 Å². The summed E-state index contributed by atoms with van der Waals surface area (Å²) >= 11 is 0. The fourth-order valence-corrected chi connectivity index (χ4v) is 3.64. The van der Waals surface area contributed by atoms with Crippen LogP contribution in [0.25, 0.3) is 0 Å². The van der Waals surface area contributed by atoms with Gasteiger partial charge >= 0.3 is 6.03 Å². The summed E-state index contributed by atoms with van der Waals surface area (Å²) in [7, 11) is 0. The van der Waals surface area contributed by atoms with E-state index < -0.39 is 0 Å². The molecule has 2 amide bonds. The number of nitro benzene ring substituents is 1. The molecule has 1 aliphatic heterocycles. The van der Waals surface area contributed by atoms with Crippen LogP contribution in [0.5, 0.6) is 0 Å². The Labute approximate surface area is 157 Å². The van der Waals surface area contributed by atoms with E-state index in [2.05, 4.69) is 22.3 Å². The predicted octanol–water partition coefficient (Wildman–Crippen LogP) is 2.98. The second-order valence-corrected chi connectivity index (χ2v) is 7.06. The molecule has 7 heteroatoms. The Bertz CT molecular complexity index is 834. The molecule has 2 aliphatic rings. The summed E-state index contributed by atoms with van der Waals surface area (Å²) in [5.74, 6) is 0.418. The van der Waals surface area contributed by atoms with E-state index in [1.165, 1.54) is 11.6 Å². The van der Waals surface area contributed by atoms with Gasteiger partial charge in [0, 0.05) is 56.0 Å². The topological polar surface area (TPSA) is 78.7 Å². The highest BCUT2D eigenvalue weighted by Gasteiger charge is 2.40. The van der Waals surface area contributed by atoms with E-state index in [-0.39, 0.29) is 22.7 Å². The van der Waals surface area contributed by atoms with Gasteiger partial charge in [0.1, 0.15) is 0 Å². The van der Waals surface area contributed by atoms with Crippen molar-refractivity contribution in [3.8, 4) is 0 Å². The van der Waals surface area contributed by atoms with Crippen LogP contribution in [0.1, 0.15) is 17.9 Å². The predicted molar refractivity (Wildman–Crippen MR) is 103 cm³/mol. The molecular formula is C20H22N4O3. The van der Waals surface area contributed by atoms with Gasteiger partial charge in [-0.05, 0) is 18.1 Å². The number of nitro groups is 1. The first-order valence-corrected chi connectivity index (χ1v) is 9.21. The molecule has 2 fully saturated rings. The smallest absolute Gasteiger partial charge is 0.317 e. The van der Waals surface area contributed by atoms with Gasteiger partial charge in [-0.15, -0.1) is 0 Å². The van der Waals surface area contributed by atoms with Crippen molar-refractivity contribution in [3.63, 3.8) is 0 Å². The van der Waals surface area contributed by atoms with Crippen LogP contribution in [0.4, 0.5) is 16.2 Å². The Morgan fingerprint density at radius 3 is 2.48 bits per heavy atom. The maximum atomic E-state index is 12.5. The highest BCUT2D eigenvalue weighted by Crippen LogP contribution is 2.40. The number of carbonyl (C=O) groups is 1. The average molecular weight is 366 g/mol. The van der Waals surface area contributed by atoms with Gasteiger partial charge in [0.2, 0.25) is 0 Å². The number of nitrogens with one attached hydrogen (secondary N) is 1. The molecule has 7 nitrogen and oxygen atoms in total. The summed E-state index contributed by atoms with van der Waals surface area (Å²) in [6.07, 6.45) is 0.989. The summed E-state index contributed by atoms with van der Waals surface area (Å²) in [5.41, 5.74) is 2.20. The number of nitrogens with zero attached hydrogens (tertiary/aromatic N) is 3. The molecular weight excluding hydrogens is 344 g/mol. The third-order valence-corrected chi connectivity index (χ3v) is 5.30. The van der Waals surface area contributed by atoms with Gasteiger partial charge in [0.15, 0.2) is 0 Å². The molecule has 1 N–H and O–H groups in total. The number of rotatable bonds is 4. The lowest BCUT2D eigenvalue weighted by atomic mass is 10.1. The van der Waals surface area contributed by atoms with E-state index in [0.29, 0.717) is 32.1 Å². The first-order chi connectivity index (χ1) is 13.1. The molecule has 2 aromatic rings. The normalized spacial score (nSPS) is 21.6. The first kappa shape index (κ1) is 17.3. The molecule has 4 rings (SSSR count). The van der Waals surface area contributed by atoms with Crippen molar-refractivity contribution < 1.29 is 9.72 Å². The molecule has 0 bridgehead atoms. The van der Waals surface area contributed by atoms with Crippen molar-refractivity contribution in [1.29, 1.82) is 0 Å². The quantitative estimate of drug-likeness (QED) is 0.666. The van der Waals surface area contributed by atoms with E-state index in [9.17, 15) is 14.9 Å². The second kappa shape index (κ2) is 7.26. The van der Waals surface area contributed by atoms with Crippen molar-refractivity contribution in [3.05, 3.63) is 70.3 Å². The highest BCUT2D eigenvalue weighted by atomic mass is 16.6. The molecule has 1 saturated heterocycles. The Kier molecular flexibility index (Phi) is 4.66. The summed E-state index contributed by atoms with van der Waals surface area (Å²) in [6, 6.07) is 17.1. The number of benzene rings is 2. The van der Waals surface area contributed by atoms with Gasteiger partial charge in [-0.3, -0.25) is 10.1 Å². The zero-order valence-electron chi connectivity index (χ0n) is 15.0. The maximum Gasteiger partial charge on any atom is 0.317 e. The van der Waals surface area contributed by atoms with E-state index in [0.717, 1.165) is 12.1 Å². The number of hydrogen-bond acceptors (Lipinski definition) is 4. The molecule has 2 atom stereocenters. The van der Waals surface area contributed by atoms with E-state index >= 15 is 0 Å². The Morgan fingerprint density at radius 2 is 1.78 bits per heavy atom. The molecule has 2 aromatic carbocycles. The monoisotopic (exact) mass is 366 g/mol. The van der Waals surface area contributed by atoms with Gasteiger partial charge in [0.05, 0.1) is 4.92 Å². The van der Waals surface area contributed by atoms with Crippen LogP contribution in [-0.4, -0.2) is 48.1 Å². The first-order valence-electron chi connectivity index (χ1n) is 9.21. The lowest BCUT2D eigenvalue weighted by molar-refractivity contribution is -0.384. The fraction of sp³-hybridized carbons (Fsp3) is 0.350. The molecule has 140 valence electrons. The molecule has 0 aromatic heterocycles. The second-order valence-electron chi connectivity index (χ2n) is 7.06. The Hall–Kier alpha value is -3.09. The van der Waals surface area contributed by atoms with Crippen molar-refractivity contribution in [2.75, 3.05) is 31.1 Å². The lowest BCUT2D eigenvalue weighted by Gasteiger charge is -2.36. The van der Waals surface area contributed by atoms with Crippen LogP contribution in [0, 0.1) is 10.1 Å². The van der Waals surface area contributed by atoms with Crippen LogP contribution in [0.15, 0.2) is 54.6 Å². The minimum absolute atomic E-state index is 0.0166. The van der Waals surface area contributed by atoms with Crippen molar-refractivity contribution in [2.24, 2.45) is 0 Å². The van der Waals surface area contributed by atoms with Crippen molar-refractivity contribution in [2.45, 2.75) is 18.4 Å². The summed E-state index contributed by atoms with van der Waals surface area (Å²) in [6.45, 7) is 2.55. The van der Waals surface area contributed by atoms with Crippen molar-refractivity contribution in [1.82, 2.24) is 10.2 Å². The summed E-state index contributed by atoms with van der Waals surface area (Å²) < 4.78 is 0. The SMILES string of the molecule is O=C(N[C@@H]1C[C@H]1c1ccccc1)N1CCN(c2cccc([N+](=O)[O-])c2)CC1. The van der Waals surface area contributed by atoms with Crippen LogP contribution in [-0.2, 0) is 0 Å². The van der Waals surface area contributed by atoms with Gasteiger partial charge in [-0.2, -0.15) is 0 Å². The van der Waals surface area contributed by atoms with Crippen molar-refractivity contribution >= 4 is 17.4 Å². The molecule has 1 heterocycles. The number of carbonyl (C=O) groups excluding carboxylic acids is 1. The van der Waals surface area contributed by atoms with Crippen LogP contribution in [0.2, 0.25) is 0 Å². The van der Waals surface area contributed by atoms with Gasteiger partial charge in [-0.1, -0.05) is 36.4 Å². The number of hydrogen-bond donors (Lipinski definition) is 1. The van der Waals surface area contributed by atoms with Crippen LogP contribution >= 0.6 is 0 Å². The van der Waals surface area contributed by atoms with Gasteiger partial charge < -0.3 is 15.1 Å². The molecule has 0 unspecified atom stereocenters. The number of anilines is 1. The Balaban J connectivity index is 1.29. The molecule has 27 heavy (non-hydrogen) atoms. The number of amides is 2. The van der Waals surface area contributed by atoms with Gasteiger partial charge in [-0.25, -0.2) is 4.79 Å². The summed E-state index contributed by atoms with van der Waals surface area (Å²) in [5, 5.41) is 14.1. The standard InChI is InChI=1S/C20H22N4O3/c25-20(21-19-14-18(19)15-5-2-1-3-6-15)23-11-9-22(10-12-23)16-7-4-8-17(13-16)24(26)27/h1-8,13,18-19H,9-12,14H2,(H,21,25)/t18-,19+/m0/s1. The summed E-state index contributed by atoms with van der Waals surface area (Å²) in [4.78, 5) is 27.0. The third kappa shape index (κ3) is 3.86. The maximum absolute atomic E-state index is 12.5. The fourth-order valence-electron chi connectivity index (χ4n) is 3.64.